The van der Waals surface area contributed by atoms with Gasteiger partial charge in [0.2, 0.25) is 16.6 Å². The standard InChI is InChI=1S/C20H40O3Si4/c1-15(21)16-12-17(26(8,9)22-24-19(2,3)4)14-18(13-16)27(10,11)23-25-20(5,6)7/h12-14H,24-25H2,1-11H3. The van der Waals surface area contributed by atoms with Crippen molar-refractivity contribution in [3.05, 3.63) is 23.8 Å². The van der Waals surface area contributed by atoms with Crippen LogP contribution < -0.4 is 10.4 Å². The van der Waals surface area contributed by atoms with Crippen molar-refractivity contribution in [2.75, 3.05) is 0 Å². The zero-order valence-corrected chi connectivity index (χ0v) is 24.2. The van der Waals surface area contributed by atoms with Crippen molar-refractivity contribution in [1.82, 2.24) is 0 Å². The van der Waals surface area contributed by atoms with Crippen LogP contribution in [0, 0.1) is 0 Å². The lowest BCUT2D eigenvalue weighted by atomic mass is 10.1. The van der Waals surface area contributed by atoms with E-state index in [1.807, 2.05) is 0 Å². The minimum absolute atomic E-state index is 0.119. The Hall–Kier alpha value is -0.322. The van der Waals surface area contributed by atoms with Crippen molar-refractivity contribution >= 4 is 52.3 Å². The summed E-state index contributed by atoms with van der Waals surface area (Å²) in [5, 5.41) is 2.98. The maximum absolute atomic E-state index is 12.2. The van der Waals surface area contributed by atoms with E-state index in [9.17, 15) is 4.79 Å². The fourth-order valence-corrected chi connectivity index (χ4v) is 12.3. The van der Waals surface area contributed by atoms with Crippen LogP contribution >= 0.6 is 0 Å². The van der Waals surface area contributed by atoms with E-state index in [2.05, 4.69) is 85.9 Å². The summed E-state index contributed by atoms with van der Waals surface area (Å²) >= 11 is 0. The molecular weight excluding hydrogens is 401 g/mol. The quantitative estimate of drug-likeness (QED) is 0.482. The third-order valence-electron chi connectivity index (χ3n) is 4.46. The average Bonchev–Trinajstić information content (AvgIpc) is 2.49. The van der Waals surface area contributed by atoms with Crippen LogP contribution in [0.2, 0.25) is 36.3 Å². The highest BCUT2D eigenvalue weighted by atomic mass is 28.4. The fourth-order valence-electron chi connectivity index (χ4n) is 2.49. The van der Waals surface area contributed by atoms with E-state index < -0.39 is 36.2 Å². The first-order valence-corrected chi connectivity index (χ1v) is 18.3. The van der Waals surface area contributed by atoms with Crippen LogP contribution in [-0.4, -0.2) is 41.9 Å². The largest absolute Gasteiger partial charge is 0.457 e. The molecular formula is C20H40O3Si4. The van der Waals surface area contributed by atoms with E-state index in [-0.39, 0.29) is 15.9 Å². The van der Waals surface area contributed by atoms with Crippen molar-refractivity contribution in [2.45, 2.75) is 84.7 Å². The third-order valence-corrected chi connectivity index (χ3v) is 16.5. The van der Waals surface area contributed by atoms with Crippen molar-refractivity contribution in [3.8, 4) is 0 Å². The van der Waals surface area contributed by atoms with Gasteiger partial charge in [0.15, 0.2) is 25.3 Å². The van der Waals surface area contributed by atoms with Gasteiger partial charge in [0.1, 0.15) is 0 Å². The van der Waals surface area contributed by atoms with Crippen LogP contribution in [0.5, 0.6) is 0 Å². The molecule has 0 N–H and O–H groups in total. The van der Waals surface area contributed by atoms with Gasteiger partial charge in [0, 0.05) is 5.56 Å². The summed E-state index contributed by atoms with van der Waals surface area (Å²) in [5.74, 6) is 0.119. The lowest BCUT2D eigenvalue weighted by molar-refractivity contribution is 0.101. The Labute approximate surface area is 173 Å². The van der Waals surface area contributed by atoms with Crippen LogP contribution in [-0.2, 0) is 8.23 Å². The monoisotopic (exact) mass is 440 g/mol. The number of ketones is 1. The van der Waals surface area contributed by atoms with Crippen LogP contribution in [0.1, 0.15) is 58.8 Å². The fraction of sp³-hybridized carbons (Fsp3) is 0.650. The van der Waals surface area contributed by atoms with Crippen LogP contribution in [0.25, 0.3) is 0 Å². The Morgan fingerprint density at radius 2 is 1.11 bits per heavy atom. The molecule has 0 aromatic heterocycles. The van der Waals surface area contributed by atoms with Crippen molar-refractivity contribution < 1.29 is 13.0 Å². The molecule has 3 nitrogen and oxygen atoms in total. The molecule has 1 aromatic rings. The molecule has 0 unspecified atom stereocenters. The summed E-state index contributed by atoms with van der Waals surface area (Å²) in [4.78, 5) is 12.2. The van der Waals surface area contributed by atoms with Gasteiger partial charge in [-0.15, -0.1) is 0 Å². The molecule has 0 aliphatic heterocycles. The predicted molar refractivity (Wildman–Crippen MR) is 129 cm³/mol. The van der Waals surface area contributed by atoms with Crippen molar-refractivity contribution in [3.63, 3.8) is 0 Å². The molecule has 0 fully saturated rings. The highest BCUT2D eigenvalue weighted by Gasteiger charge is 2.33. The first-order valence-electron chi connectivity index (χ1n) is 9.88. The first-order chi connectivity index (χ1) is 11.9. The SMILES string of the molecule is CC(=O)c1cc([Si](C)(C)O[SiH2]C(C)(C)C)cc([Si](C)(C)O[SiH2]C(C)(C)C)c1. The minimum atomic E-state index is -2.05. The summed E-state index contributed by atoms with van der Waals surface area (Å²) in [5.41, 5.74) is 0.797. The molecule has 1 aromatic carbocycles. The molecule has 0 radical (unpaired) electrons. The first kappa shape index (κ1) is 24.7. The number of carbonyl (C=O) groups excluding carboxylic acids is 1. The van der Waals surface area contributed by atoms with Crippen LogP contribution in [0.3, 0.4) is 0 Å². The van der Waals surface area contributed by atoms with E-state index >= 15 is 0 Å². The van der Waals surface area contributed by atoms with E-state index in [1.54, 1.807) is 6.92 Å². The predicted octanol–water partition coefficient (Wildman–Crippen LogP) is 3.35. The zero-order chi connectivity index (χ0) is 21.3. The molecule has 7 heteroatoms. The van der Waals surface area contributed by atoms with Crippen LogP contribution in [0.15, 0.2) is 18.2 Å². The summed E-state index contributed by atoms with van der Waals surface area (Å²) in [7, 11) is -5.38. The number of benzene rings is 1. The second-order valence-electron chi connectivity index (χ2n) is 11.1. The van der Waals surface area contributed by atoms with Gasteiger partial charge in [0.05, 0.1) is 0 Å². The Kier molecular flexibility index (Phi) is 7.86. The van der Waals surface area contributed by atoms with Crippen molar-refractivity contribution in [1.29, 1.82) is 0 Å². The number of hydrogen-bond donors (Lipinski definition) is 0. The molecule has 0 atom stereocenters. The zero-order valence-electron chi connectivity index (χ0n) is 19.4. The number of hydrogen-bond acceptors (Lipinski definition) is 3. The Balaban J connectivity index is 3.29. The van der Waals surface area contributed by atoms with E-state index in [0.717, 1.165) is 5.56 Å². The maximum atomic E-state index is 12.2. The second-order valence-corrected chi connectivity index (χ2v) is 25.4. The van der Waals surface area contributed by atoms with Gasteiger partial charge in [-0.05, 0) is 65.7 Å². The molecule has 0 saturated carbocycles. The van der Waals surface area contributed by atoms with Gasteiger partial charge in [-0.1, -0.05) is 47.6 Å². The number of rotatable bonds is 7. The number of carbonyl (C=O) groups is 1. The summed E-state index contributed by atoms with van der Waals surface area (Å²) in [6.45, 7) is 24.2. The molecule has 0 aliphatic carbocycles. The molecule has 0 aliphatic rings. The molecule has 0 heterocycles. The molecule has 0 bridgehead atoms. The van der Waals surface area contributed by atoms with Gasteiger partial charge in [-0.2, -0.15) is 0 Å². The second kappa shape index (κ2) is 8.59. The molecule has 0 spiro atoms. The highest BCUT2D eigenvalue weighted by molar-refractivity contribution is 6.90. The summed E-state index contributed by atoms with van der Waals surface area (Å²) in [6, 6.07) is 6.43. The topological polar surface area (TPSA) is 35.5 Å². The maximum Gasteiger partial charge on any atom is 0.205 e. The molecule has 0 amide bonds. The Morgan fingerprint density at radius 3 is 1.37 bits per heavy atom. The molecule has 27 heavy (non-hydrogen) atoms. The average molecular weight is 441 g/mol. The molecule has 154 valence electrons. The smallest absolute Gasteiger partial charge is 0.205 e. The van der Waals surface area contributed by atoms with E-state index in [4.69, 9.17) is 8.23 Å². The van der Waals surface area contributed by atoms with Gasteiger partial charge in [-0.3, -0.25) is 4.79 Å². The van der Waals surface area contributed by atoms with E-state index in [1.165, 1.54) is 10.4 Å². The van der Waals surface area contributed by atoms with Gasteiger partial charge >= 0.3 is 0 Å². The lowest BCUT2D eigenvalue weighted by Gasteiger charge is -2.32. The Bertz CT molecular complexity index is 623. The Morgan fingerprint density at radius 1 is 0.778 bits per heavy atom. The minimum Gasteiger partial charge on any atom is -0.457 e. The van der Waals surface area contributed by atoms with Gasteiger partial charge in [-0.25, -0.2) is 0 Å². The van der Waals surface area contributed by atoms with Gasteiger partial charge in [0.25, 0.3) is 0 Å². The molecule has 1 rings (SSSR count). The van der Waals surface area contributed by atoms with Gasteiger partial charge < -0.3 is 8.23 Å². The summed E-state index contributed by atoms with van der Waals surface area (Å²) < 4.78 is 13.1. The van der Waals surface area contributed by atoms with Crippen molar-refractivity contribution in [2.24, 2.45) is 0 Å². The normalized spacial score (nSPS) is 14.6. The third kappa shape index (κ3) is 8.29. The highest BCUT2D eigenvalue weighted by Crippen LogP contribution is 2.24. The summed E-state index contributed by atoms with van der Waals surface area (Å²) in [6.07, 6.45) is 0. The molecule has 0 saturated heterocycles. The van der Waals surface area contributed by atoms with E-state index in [0.29, 0.717) is 0 Å². The lowest BCUT2D eigenvalue weighted by Crippen LogP contribution is -2.53. The number of Topliss-reactive ketones (excluding diaryl/α,β-unsaturated/α-hetero) is 1. The van der Waals surface area contributed by atoms with Crippen LogP contribution in [0.4, 0.5) is 0 Å².